The Morgan fingerprint density at radius 2 is 0.794 bits per heavy atom. The summed E-state index contributed by atoms with van der Waals surface area (Å²) < 4.78 is 2.53. The molecule has 11 aromatic carbocycles. The molecule has 15 rings (SSSR count). The average molecular weight is 863 g/mol. The van der Waals surface area contributed by atoms with Crippen molar-refractivity contribution in [2.75, 3.05) is 4.90 Å². The molecular weight excluding hydrogens is 821 g/mol. The molecule has 1 aromatic heterocycles. The summed E-state index contributed by atoms with van der Waals surface area (Å²) in [5, 5.41) is 4.97. The topological polar surface area (TPSA) is 8.17 Å². The number of hydrogen-bond donors (Lipinski definition) is 0. The molecule has 12 aromatic rings. The van der Waals surface area contributed by atoms with Crippen molar-refractivity contribution in [1.82, 2.24) is 4.57 Å². The van der Waals surface area contributed by atoms with Crippen LogP contribution in [0.3, 0.4) is 0 Å². The van der Waals surface area contributed by atoms with Gasteiger partial charge in [-0.1, -0.05) is 212 Å². The Balaban J connectivity index is 1.04. The molecule has 2 nitrogen and oxygen atoms in total. The maximum atomic E-state index is 2.54. The molecule has 0 saturated heterocycles. The highest BCUT2D eigenvalue weighted by Crippen LogP contribution is 2.63. The standard InChI is InChI=1S/C66H42N2/c1-3-21-44(22-4-1)65(45-23-5-2-6-24-45)55-30-12-9-26-49(55)51-39-37-46(41-59(51)65)67(61-36-17-20-43-19-7-8-25-48(43)61)47-38-40-52-50-27-10-13-31-56(50)66(60(52)42-47)57-32-14-16-35-63(57)68-62-34-15-11-28-53(62)54-29-18-33-58(66)64(54)68/h1-42H. The van der Waals surface area contributed by atoms with Crippen LogP contribution in [0.5, 0.6) is 0 Å². The fraction of sp³-hybridized carbons (Fsp3) is 0.0303. The third kappa shape index (κ3) is 4.71. The van der Waals surface area contributed by atoms with Gasteiger partial charge in [0.1, 0.15) is 0 Å². The van der Waals surface area contributed by atoms with Gasteiger partial charge in [0.25, 0.3) is 0 Å². The zero-order valence-corrected chi connectivity index (χ0v) is 37.1. The molecule has 2 heterocycles. The van der Waals surface area contributed by atoms with E-state index in [-0.39, 0.29) is 0 Å². The summed E-state index contributed by atoms with van der Waals surface area (Å²) in [6.07, 6.45) is 0. The van der Waals surface area contributed by atoms with E-state index in [4.69, 9.17) is 0 Å². The van der Waals surface area contributed by atoms with E-state index in [0.29, 0.717) is 0 Å². The molecule has 3 aliphatic rings. The minimum atomic E-state index is -0.581. The van der Waals surface area contributed by atoms with E-state index >= 15 is 0 Å². The first-order valence-corrected chi connectivity index (χ1v) is 23.8. The van der Waals surface area contributed by atoms with Gasteiger partial charge in [0.2, 0.25) is 0 Å². The monoisotopic (exact) mass is 862 g/mol. The highest BCUT2D eigenvalue weighted by molar-refractivity contribution is 6.13. The van der Waals surface area contributed by atoms with Gasteiger partial charge < -0.3 is 9.47 Å². The Morgan fingerprint density at radius 3 is 1.50 bits per heavy atom. The first kappa shape index (κ1) is 37.5. The van der Waals surface area contributed by atoms with Crippen molar-refractivity contribution in [3.05, 3.63) is 299 Å². The van der Waals surface area contributed by atoms with Crippen LogP contribution in [0, 0.1) is 0 Å². The number of hydrogen-bond acceptors (Lipinski definition) is 1. The first-order chi connectivity index (χ1) is 33.8. The lowest BCUT2D eigenvalue weighted by Crippen LogP contribution is -2.33. The lowest BCUT2D eigenvalue weighted by atomic mass is 9.65. The van der Waals surface area contributed by atoms with Crippen LogP contribution in [0.1, 0.15) is 44.5 Å². The number of rotatable bonds is 5. The molecule has 1 aliphatic heterocycles. The van der Waals surface area contributed by atoms with Crippen LogP contribution in [-0.2, 0) is 10.8 Å². The Morgan fingerprint density at radius 1 is 0.309 bits per heavy atom. The van der Waals surface area contributed by atoms with Crippen molar-refractivity contribution in [2.24, 2.45) is 0 Å². The summed E-state index contributed by atoms with van der Waals surface area (Å²) >= 11 is 0. The smallest absolute Gasteiger partial charge is 0.0755 e. The van der Waals surface area contributed by atoms with Gasteiger partial charge in [0.05, 0.1) is 33.2 Å². The third-order valence-corrected chi connectivity index (χ3v) is 15.6. The van der Waals surface area contributed by atoms with E-state index in [0.717, 1.165) is 17.1 Å². The van der Waals surface area contributed by atoms with Gasteiger partial charge in [-0.05, 0) is 115 Å². The molecule has 0 N–H and O–H groups in total. The predicted octanol–water partition coefficient (Wildman–Crippen LogP) is 16.4. The van der Waals surface area contributed by atoms with Gasteiger partial charge >= 0.3 is 0 Å². The minimum Gasteiger partial charge on any atom is -0.310 e. The van der Waals surface area contributed by atoms with E-state index in [1.807, 2.05) is 0 Å². The molecule has 1 unspecified atom stereocenters. The molecule has 0 amide bonds. The number of nitrogens with zero attached hydrogens (tertiary/aromatic N) is 2. The summed E-state index contributed by atoms with van der Waals surface area (Å²) in [5.74, 6) is 0. The number of fused-ring (bicyclic) bond motifs is 16. The van der Waals surface area contributed by atoms with E-state index in [9.17, 15) is 0 Å². The van der Waals surface area contributed by atoms with Crippen molar-refractivity contribution in [2.45, 2.75) is 10.8 Å². The number of anilines is 3. The second-order valence-corrected chi connectivity index (χ2v) is 18.7. The van der Waals surface area contributed by atoms with Crippen molar-refractivity contribution in [3.63, 3.8) is 0 Å². The van der Waals surface area contributed by atoms with Crippen molar-refractivity contribution >= 4 is 49.6 Å². The first-order valence-electron chi connectivity index (χ1n) is 23.8. The van der Waals surface area contributed by atoms with Crippen molar-refractivity contribution in [1.29, 1.82) is 0 Å². The van der Waals surface area contributed by atoms with Gasteiger partial charge in [0.15, 0.2) is 0 Å². The van der Waals surface area contributed by atoms with E-state index in [1.54, 1.807) is 0 Å². The molecule has 0 radical (unpaired) electrons. The number of para-hydroxylation sites is 3. The van der Waals surface area contributed by atoms with Gasteiger partial charge in [-0.15, -0.1) is 0 Å². The van der Waals surface area contributed by atoms with Crippen LogP contribution in [0.2, 0.25) is 0 Å². The summed E-state index contributed by atoms with van der Waals surface area (Å²) in [6, 6.07) is 95.7. The highest BCUT2D eigenvalue weighted by atomic mass is 15.1. The van der Waals surface area contributed by atoms with Crippen LogP contribution in [-0.4, -0.2) is 4.57 Å². The lowest BCUT2D eigenvalue weighted by Gasteiger charge is -2.40. The van der Waals surface area contributed by atoms with Crippen molar-refractivity contribution in [3.8, 4) is 27.9 Å². The molecule has 2 heteroatoms. The number of benzene rings is 11. The fourth-order valence-corrected chi connectivity index (χ4v) is 13.1. The van der Waals surface area contributed by atoms with Crippen molar-refractivity contribution < 1.29 is 0 Å². The van der Waals surface area contributed by atoms with Gasteiger partial charge in [-0.2, -0.15) is 0 Å². The summed E-state index contributed by atoms with van der Waals surface area (Å²) in [7, 11) is 0. The Labute approximate surface area is 395 Å². The zero-order valence-electron chi connectivity index (χ0n) is 37.1. The summed E-state index contributed by atoms with van der Waals surface area (Å²) in [4.78, 5) is 2.54. The molecule has 1 atom stereocenters. The highest BCUT2D eigenvalue weighted by Gasteiger charge is 2.51. The molecule has 68 heavy (non-hydrogen) atoms. The molecule has 2 aliphatic carbocycles. The number of aromatic nitrogens is 1. The van der Waals surface area contributed by atoms with E-state index < -0.39 is 10.8 Å². The molecule has 0 saturated carbocycles. The summed E-state index contributed by atoms with van der Waals surface area (Å²) in [6.45, 7) is 0. The Kier molecular flexibility index (Phi) is 7.67. The minimum absolute atomic E-state index is 0.540. The molecule has 316 valence electrons. The van der Waals surface area contributed by atoms with E-state index in [2.05, 4.69) is 264 Å². The second kappa shape index (κ2) is 13.9. The maximum absolute atomic E-state index is 2.54. The van der Waals surface area contributed by atoms with E-state index in [1.165, 1.54) is 105 Å². The van der Waals surface area contributed by atoms with Crippen LogP contribution in [0.4, 0.5) is 17.1 Å². The van der Waals surface area contributed by atoms with Gasteiger partial charge in [-0.25, -0.2) is 0 Å². The average Bonchev–Trinajstić information content (AvgIpc) is 4.02. The largest absolute Gasteiger partial charge is 0.310 e. The third-order valence-electron chi connectivity index (χ3n) is 15.6. The Bertz CT molecular complexity index is 4000. The zero-order chi connectivity index (χ0) is 44.6. The molecule has 1 spiro atoms. The second-order valence-electron chi connectivity index (χ2n) is 18.7. The summed E-state index contributed by atoms with van der Waals surface area (Å²) in [5.41, 5.74) is 21.4. The fourth-order valence-electron chi connectivity index (χ4n) is 13.1. The predicted molar refractivity (Wildman–Crippen MR) is 281 cm³/mol. The van der Waals surface area contributed by atoms with Crippen LogP contribution >= 0.6 is 0 Å². The van der Waals surface area contributed by atoms with Crippen LogP contribution < -0.4 is 4.90 Å². The SMILES string of the molecule is c1ccc(C2(c3ccccc3)c3ccccc3-c3ccc(N(c4ccc5c(c4)C4(c6ccccc6-5)c5ccccc5-n5c6ccccc6c6cccc4c65)c4cccc5ccccc45)cc32)cc1. The Hall–Kier alpha value is -8.72. The maximum Gasteiger partial charge on any atom is 0.0755 e. The molecule has 0 fully saturated rings. The normalized spacial score (nSPS) is 15.5. The molecule has 0 bridgehead atoms. The van der Waals surface area contributed by atoms with Crippen LogP contribution in [0.15, 0.2) is 255 Å². The van der Waals surface area contributed by atoms with Crippen LogP contribution in [0.25, 0.3) is 60.5 Å². The molecular formula is C66H42N2. The lowest BCUT2D eigenvalue weighted by molar-refractivity contribution is 0.748. The quantitative estimate of drug-likeness (QED) is 0.167. The van der Waals surface area contributed by atoms with Gasteiger partial charge in [0, 0.05) is 27.5 Å². The van der Waals surface area contributed by atoms with Gasteiger partial charge in [-0.3, -0.25) is 0 Å².